The number of fused-ring (bicyclic) bond motifs is 1. The highest BCUT2D eigenvalue weighted by Gasteiger charge is 2.34. The summed E-state index contributed by atoms with van der Waals surface area (Å²) in [5, 5.41) is 3.29. The van der Waals surface area contributed by atoms with E-state index in [4.69, 9.17) is 4.74 Å². The van der Waals surface area contributed by atoms with Crippen molar-refractivity contribution >= 4 is 18.3 Å². The quantitative estimate of drug-likeness (QED) is 0.842. The van der Waals surface area contributed by atoms with Crippen molar-refractivity contribution in [1.82, 2.24) is 10.2 Å². The number of halogens is 1. The highest BCUT2D eigenvalue weighted by Crippen LogP contribution is 2.29. The minimum absolute atomic E-state index is 0. The predicted octanol–water partition coefficient (Wildman–Crippen LogP) is 1.23. The van der Waals surface area contributed by atoms with Gasteiger partial charge in [0.05, 0.1) is 0 Å². The zero-order chi connectivity index (χ0) is 12.5. The lowest BCUT2D eigenvalue weighted by atomic mass is 10.1. The van der Waals surface area contributed by atoms with Gasteiger partial charge in [-0.25, -0.2) is 0 Å². The number of hydrogen-bond donors (Lipinski definition) is 1. The van der Waals surface area contributed by atoms with Gasteiger partial charge in [0.15, 0.2) is 6.10 Å². The van der Waals surface area contributed by atoms with Crippen molar-refractivity contribution in [3.63, 3.8) is 0 Å². The van der Waals surface area contributed by atoms with Crippen LogP contribution in [0.25, 0.3) is 0 Å². The highest BCUT2D eigenvalue weighted by molar-refractivity contribution is 5.85. The highest BCUT2D eigenvalue weighted by atomic mass is 35.5. The Morgan fingerprint density at radius 1 is 1.42 bits per heavy atom. The van der Waals surface area contributed by atoms with Crippen LogP contribution in [0.5, 0.6) is 5.75 Å². The van der Waals surface area contributed by atoms with Crippen molar-refractivity contribution in [2.24, 2.45) is 0 Å². The Kier molecular flexibility index (Phi) is 4.32. The number of piperazine rings is 1. The molecule has 0 aromatic heterocycles. The van der Waals surface area contributed by atoms with E-state index in [-0.39, 0.29) is 30.5 Å². The average Bonchev–Trinajstić information content (AvgIpc) is 2.82. The summed E-state index contributed by atoms with van der Waals surface area (Å²) in [7, 11) is 0. The summed E-state index contributed by atoms with van der Waals surface area (Å²) in [4.78, 5) is 14.4. The molecule has 0 bridgehead atoms. The second-order valence-corrected chi connectivity index (χ2v) is 5.00. The molecule has 1 aromatic rings. The molecule has 2 atom stereocenters. The van der Waals surface area contributed by atoms with Crippen LogP contribution in [0.15, 0.2) is 24.3 Å². The van der Waals surface area contributed by atoms with Gasteiger partial charge >= 0.3 is 0 Å². The Balaban J connectivity index is 0.00000133. The van der Waals surface area contributed by atoms with Crippen molar-refractivity contribution in [1.29, 1.82) is 0 Å². The van der Waals surface area contributed by atoms with Gasteiger partial charge in [-0.2, -0.15) is 0 Å². The summed E-state index contributed by atoms with van der Waals surface area (Å²) in [6, 6.07) is 8.15. The van der Waals surface area contributed by atoms with E-state index in [1.165, 1.54) is 0 Å². The Morgan fingerprint density at radius 3 is 2.95 bits per heavy atom. The smallest absolute Gasteiger partial charge is 0.264 e. The SMILES string of the molecule is C[C@H]1CNCCN1C(=O)C1Cc2ccccc2O1.Cl. The van der Waals surface area contributed by atoms with Crippen LogP contribution in [0.1, 0.15) is 12.5 Å². The van der Waals surface area contributed by atoms with Gasteiger partial charge in [0.2, 0.25) is 0 Å². The van der Waals surface area contributed by atoms with Crippen molar-refractivity contribution in [2.75, 3.05) is 19.6 Å². The first-order valence-electron chi connectivity index (χ1n) is 6.51. The van der Waals surface area contributed by atoms with Crippen LogP contribution in [-0.4, -0.2) is 42.6 Å². The van der Waals surface area contributed by atoms with E-state index >= 15 is 0 Å². The molecule has 0 aliphatic carbocycles. The number of ether oxygens (including phenoxy) is 1. The van der Waals surface area contributed by atoms with Crippen molar-refractivity contribution in [2.45, 2.75) is 25.5 Å². The Bertz CT molecular complexity index is 442. The Hall–Kier alpha value is -1.26. The number of carbonyl (C=O) groups excluding carboxylic acids is 1. The number of para-hydroxylation sites is 1. The zero-order valence-corrected chi connectivity index (χ0v) is 11.8. The van der Waals surface area contributed by atoms with E-state index in [1.807, 2.05) is 29.2 Å². The van der Waals surface area contributed by atoms with E-state index < -0.39 is 0 Å². The zero-order valence-electron chi connectivity index (χ0n) is 11.0. The molecule has 2 aliphatic heterocycles. The minimum atomic E-state index is -0.331. The number of rotatable bonds is 1. The van der Waals surface area contributed by atoms with E-state index in [2.05, 4.69) is 12.2 Å². The second kappa shape index (κ2) is 5.80. The van der Waals surface area contributed by atoms with Crippen molar-refractivity contribution < 1.29 is 9.53 Å². The van der Waals surface area contributed by atoms with E-state index in [1.54, 1.807) is 0 Å². The number of nitrogens with zero attached hydrogens (tertiary/aromatic N) is 1. The maximum Gasteiger partial charge on any atom is 0.264 e. The van der Waals surface area contributed by atoms with Crippen LogP contribution >= 0.6 is 12.4 Å². The maximum absolute atomic E-state index is 12.5. The largest absolute Gasteiger partial charge is 0.480 e. The van der Waals surface area contributed by atoms with Gasteiger partial charge in [-0.05, 0) is 18.6 Å². The average molecular weight is 283 g/mol. The Labute approximate surface area is 119 Å². The van der Waals surface area contributed by atoms with Gasteiger partial charge in [-0.15, -0.1) is 12.4 Å². The van der Waals surface area contributed by atoms with Gasteiger partial charge in [0, 0.05) is 32.1 Å². The first-order valence-corrected chi connectivity index (χ1v) is 6.51. The number of amides is 1. The van der Waals surface area contributed by atoms with E-state index in [0.717, 1.165) is 30.9 Å². The monoisotopic (exact) mass is 282 g/mol. The first kappa shape index (κ1) is 14.2. The predicted molar refractivity (Wildman–Crippen MR) is 75.9 cm³/mol. The van der Waals surface area contributed by atoms with Gasteiger partial charge in [0.25, 0.3) is 5.91 Å². The van der Waals surface area contributed by atoms with Gasteiger partial charge in [0.1, 0.15) is 5.75 Å². The third kappa shape index (κ3) is 2.69. The molecular formula is C14H19ClN2O2. The molecule has 104 valence electrons. The number of benzene rings is 1. The Morgan fingerprint density at radius 2 is 2.21 bits per heavy atom. The fourth-order valence-corrected chi connectivity index (χ4v) is 2.67. The second-order valence-electron chi connectivity index (χ2n) is 5.00. The minimum Gasteiger partial charge on any atom is -0.480 e. The molecule has 19 heavy (non-hydrogen) atoms. The lowest BCUT2D eigenvalue weighted by molar-refractivity contribution is -0.140. The van der Waals surface area contributed by atoms with Crippen molar-refractivity contribution in [3.05, 3.63) is 29.8 Å². The van der Waals surface area contributed by atoms with Crippen LogP contribution in [0.4, 0.5) is 0 Å². The molecule has 1 aromatic carbocycles. The summed E-state index contributed by atoms with van der Waals surface area (Å²) < 4.78 is 5.76. The summed E-state index contributed by atoms with van der Waals surface area (Å²) in [5.74, 6) is 0.985. The lowest BCUT2D eigenvalue weighted by Crippen LogP contribution is -2.55. The topological polar surface area (TPSA) is 41.6 Å². The van der Waals surface area contributed by atoms with Gasteiger partial charge in [-0.1, -0.05) is 18.2 Å². The standard InChI is InChI=1S/C14H18N2O2.ClH/c1-10-9-15-6-7-16(10)14(17)13-8-11-4-2-3-5-12(11)18-13;/h2-5,10,13,15H,6-9H2,1H3;1H/t10-,13?;/m0./s1. The third-order valence-corrected chi connectivity index (χ3v) is 3.71. The van der Waals surface area contributed by atoms with Crippen LogP contribution in [-0.2, 0) is 11.2 Å². The number of hydrogen-bond acceptors (Lipinski definition) is 3. The van der Waals surface area contributed by atoms with Gasteiger partial charge < -0.3 is 15.0 Å². The molecule has 2 heterocycles. The summed E-state index contributed by atoms with van der Waals surface area (Å²) in [6.45, 7) is 4.59. The maximum atomic E-state index is 12.5. The number of carbonyl (C=O) groups is 1. The van der Waals surface area contributed by atoms with Crippen LogP contribution in [0, 0.1) is 0 Å². The fraction of sp³-hybridized carbons (Fsp3) is 0.500. The molecule has 0 radical (unpaired) electrons. The molecule has 4 nitrogen and oxygen atoms in total. The van der Waals surface area contributed by atoms with Crippen molar-refractivity contribution in [3.8, 4) is 5.75 Å². The fourth-order valence-electron chi connectivity index (χ4n) is 2.67. The first-order chi connectivity index (χ1) is 8.75. The molecular weight excluding hydrogens is 264 g/mol. The molecule has 1 unspecified atom stereocenters. The molecule has 0 saturated carbocycles. The van der Waals surface area contributed by atoms with Crippen LogP contribution in [0.3, 0.4) is 0 Å². The summed E-state index contributed by atoms with van der Waals surface area (Å²) in [5.41, 5.74) is 1.14. The third-order valence-electron chi connectivity index (χ3n) is 3.71. The van der Waals surface area contributed by atoms with E-state index in [0.29, 0.717) is 6.42 Å². The molecule has 2 aliphatic rings. The molecule has 1 fully saturated rings. The molecule has 1 amide bonds. The van der Waals surface area contributed by atoms with Crippen LogP contribution in [0.2, 0.25) is 0 Å². The molecule has 0 spiro atoms. The molecule has 5 heteroatoms. The molecule has 3 rings (SSSR count). The lowest BCUT2D eigenvalue weighted by Gasteiger charge is -2.35. The van der Waals surface area contributed by atoms with Crippen LogP contribution < -0.4 is 10.1 Å². The normalized spacial score (nSPS) is 25.2. The summed E-state index contributed by atoms with van der Waals surface area (Å²) in [6.07, 6.45) is 0.369. The summed E-state index contributed by atoms with van der Waals surface area (Å²) >= 11 is 0. The van der Waals surface area contributed by atoms with Gasteiger partial charge in [-0.3, -0.25) is 4.79 Å². The number of nitrogens with one attached hydrogen (secondary N) is 1. The molecule has 1 N–H and O–H groups in total. The van der Waals surface area contributed by atoms with E-state index in [9.17, 15) is 4.79 Å². The molecule has 1 saturated heterocycles.